The Kier molecular flexibility index (Phi) is 5.29. The molecule has 23 heavy (non-hydrogen) atoms. The first-order valence-electron chi connectivity index (χ1n) is 6.78. The number of benzene rings is 1. The maximum atomic E-state index is 12.3. The zero-order valence-corrected chi connectivity index (χ0v) is 13.8. The Morgan fingerprint density at radius 3 is 2.43 bits per heavy atom. The number of nitrogens with zero attached hydrogens (tertiary/aromatic N) is 1. The first kappa shape index (κ1) is 16.9. The number of hydrogen-bond donors (Lipinski definition) is 1. The van der Waals surface area contributed by atoms with Gasteiger partial charge >= 0.3 is 5.97 Å². The zero-order valence-electron chi connectivity index (χ0n) is 13.0. The fourth-order valence-electron chi connectivity index (χ4n) is 2.54. The number of thioether (sulfide) groups is 1. The lowest BCUT2D eigenvalue weighted by Gasteiger charge is -2.30. The standard InChI is InChI=1S/C16H16N2O4S/c1-21-10-6-4-9(5-7-10)12-11(8-17)15(23-3)18-14(19)13(12)16(20)22-2/h4-7,12-13H,1-3H3,(H,18,19)/t12-,13-/m1/s1. The first-order valence-corrected chi connectivity index (χ1v) is 8.00. The number of esters is 1. The summed E-state index contributed by atoms with van der Waals surface area (Å²) in [5, 5.41) is 12.6. The largest absolute Gasteiger partial charge is 0.497 e. The number of amides is 1. The summed E-state index contributed by atoms with van der Waals surface area (Å²) in [7, 11) is 2.77. The van der Waals surface area contributed by atoms with E-state index in [9.17, 15) is 14.9 Å². The summed E-state index contributed by atoms with van der Waals surface area (Å²) in [4.78, 5) is 24.4. The van der Waals surface area contributed by atoms with Gasteiger partial charge in [0, 0.05) is 5.92 Å². The summed E-state index contributed by atoms with van der Waals surface area (Å²) in [6, 6.07) is 9.06. The molecule has 0 radical (unpaired) electrons. The van der Waals surface area contributed by atoms with Gasteiger partial charge in [-0.3, -0.25) is 9.59 Å². The van der Waals surface area contributed by atoms with E-state index in [4.69, 9.17) is 9.47 Å². The number of carbonyl (C=O) groups is 2. The van der Waals surface area contributed by atoms with Crippen molar-refractivity contribution in [3.63, 3.8) is 0 Å². The van der Waals surface area contributed by atoms with E-state index in [-0.39, 0.29) is 0 Å². The van der Waals surface area contributed by atoms with Gasteiger partial charge < -0.3 is 14.8 Å². The van der Waals surface area contributed by atoms with Gasteiger partial charge in [0.2, 0.25) is 5.91 Å². The molecule has 1 aliphatic heterocycles. The molecule has 0 saturated carbocycles. The number of nitriles is 1. The van der Waals surface area contributed by atoms with Crippen molar-refractivity contribution in [2.75, 3.05) is 20.5 Å². The molecule has 1 aliphatic rings. The van der Waals surface area contributed by atoms with E-state index in [1.807, 2.05) is 0 Å². The maximum absolute atomic E-state index is 12.3. The van der Waals surface area contributed by atoms with Gasteiger partial charge in [0.05, 0.1) is 30.9 Å². The lowest BCUT2D eigenvalue weighted by Crippen LogP contribution is -2.44. The molecule has 120 valence electrons. The minimum atomic E-state index is -1.10. The molecule has 0 fully saturated rings. The van der Waals surface area contributed by atoms with Crippen LogP contribution < -0.4 is 10.1 Å². The number of nitrogens with one attached hydrogen (secondary N) is 1. The molecular formula is C16H16N2O4S. The van der Waals surface area contributed by atoms with Crippen LogP contribution in [0.25, 0.3) is 0 Å². The molecule has 0 aliphatic carbocycles. The van der Waals surface area contributed by atoms with Gasteiger partial charge in [0.1, 0.15) is 11.7 Å². The van der Waals surface area contributed by atoms with Crippen LogP contribution in [0.1, 0.15) is 11.5 Å². The maximum Gasteiger partial charge on any atom is 0.319 e. The Labute approximate surface area is 138 Å². The van der Waals surface area contributed by atoms with Crippen molar-refractivity contribution in [1.29, 1.82) is 5.26 Å². The monoisotopic (exact) mass is 332 g/mol. The average Bonchev–Trinajstić information content (AvgIpc) is 2.60. The van der Waals surface area contributed by atoms with E-state index in [0.29, 0.717) is 21.9 Å². The molecule has 6 nitrogen and oxygen atoms in total. The molecule has 1 aromatic carbocycles. The Morgan fingerprint density at radius 2 is 1.96 bits per heavy atom. The minimum absolute atomic E-state index is 0.345. The fraction of sp³-hybridized carbons (Fsp3) is 0.312. The van der Waals surface area contributed by atoms with Gasteiger partial charge in [-0.15, -0.1) is 11.8 Å². The molecule has 0 bridgehead atoms. The molecule has 1 amide bonds. The van der Waals surface area contributed by atoms with Crippen LogP contribution in [0.4, 0.5) is 0 Å². The predicted octanol–water partition coefficient (Wildman–Crippen LogP) is 1.80. The Morgan fingerprint density at radius 1 is 1.30 bits per heavy atom. The summed E-state index contributed by atoms with van der Waals surface area (Å²) in [6.07, 6.45) is 1.76. The third-order valence-electron chi connectivity index (χ3n) is 3.66. The van der Waals surface area contributed by atoms with Crippen LogP contribution >= 0.6 is 11.8 Å². The van der Waals surface area contributed by atoms with E-state index >= 15 is 0 Å². The normalized spacial score (nSPS) is 20.5. The zero-order chi connectivity index (χ0) is 17.0. The van der Waals surface area contributed by atoms with Crippen molar-refractivity contribution in [2.45, 2.75) is 5.92 Å². The molecule has 0 saturated heterocycles. The van der Waals surface area contributed by atoms with Crippen LogP contribution in [0.5, 0.6) is 5.75 Å². The third kappa shape index (κ3) is 3.17. The highest BCUT2D eigenvalue weighted by Gasteiger charge is 2.44. The molecule has 2 rings (SSSR count). The summed E-state index contributed by atoms with van der Waals surface area (Å²) < 4.78 is 9.87. The summed E-state index contributed by atoms with van der Waals surface area (Å²) in [5.74, 6) is -2.28. The molecule has 1 heterocycles. The van der Waals surface area contributed by atoms with Crippen LogP contribution in [-0.2, 0) is 14.3 Å². The Bertz CT molecular complexity index is 691. The second kappa shape index (κ2) is 7.20. The van der Waals surface area contributed by atoms with E-state index in [1.165, 1.54) is 18.9 Å². The minimum Gasteiger partial charge on any atom is -0.497 e. The molecule has 0 spiro atoms. The fourth-order valence-corrected chi connectivity index (χ4v) is 3.13. The molecule has 1 N–H and O–H groups in total. The molecule has 1 aromatic rings. The summed E-state index contributed by atoms with van der Waals surface area (Å²) in [6.45, 7) is 0. The summed E-state index contributed by atoms with van der Waals surface area (Å²) in [5.41, 5.74) is 1.02. The van der Waals surface area contributed by atoms with Crippen LogP contribution in [0.3, 0.4) is 0 Å². The highest BCUT2D eigenvalue weighted by Crippen LogP contribution is 2.39. The molecule has 0 aromatic heterocycles. The number of hydrogen-bond acceptors (Lipinski definition) is 6. The van der Waals surface area contributed by atoms with Gasteiger partial charge in [-0.1, -0.05) is 12.1 Å². The molecule has 7 heteroatoms. The van der Waals surface area contributed by atoms with Crippen molar-refractivity contribution in [2.24, 2.45) is 5.92 Å². The smallest absolute Gasteiger partial charge is 0.319 e. The van der Waals surface area contributed by atoms with Crippen molar-refractivity contribution in [1.82, 2.24) is 5.32 Å². The van der Waals surface area contributed by atoms with Crippen LogP contribution in [0, 0.1) is 17.2 Å². The highest BCUT2D eigenvalue weighted by atomic mass is 32.2. The Hall–Kier alpha value is -2.46. The number of allylic oxidation sites excluding steroid dienone is 1. The van der Waals surface area contributed by atoms with Crippen molar-refractivity contribution in [3.8, 4) is 11.8 Å². The van der Waals surface area contributed by atoms with Crippen molar-refractivity contribution in [3.05, 3.63) is 40.4 Å². The topological polar surface area (TPSA) is 88.4 Å². The van der Waals surface area contributed by atoms with E-state index in [2.05, 4.69) is 11.4 Å². The van der Waals surface area contributed by atoms with Gasteiger partial charge in [0.25, 0.3) is 0 Å². The van der Waals surface area contributed by atoms with Crippen LogP contribution in [0.2, 0.25) is 0 Å². The van der Waals surface area contributed by atoms with Crippen LogP contribution in [0.15, 0.2) is 34.9 Å². The summed E-state index contributed by atoms with van der Waals surface area (Å²) >= 11 is 1.26. The van der Waals surface area contributed by atoms with Crippen molar-refractivity contribution >= 4 is 23.6 Å². The number of rotatable bonds is 4. The molecule has 0 unspecified atom stereocenters. The second-order valence-corrected chi connectivity index (χ2v) is 5.62. The third-order valence-corrected chi connectivity index (χ3v) is 4.39. The predicted molar refractivity (Wildman–Crippen MR) is 85.5 cm³/mol. The molecule has 2 atom stereocenters. The quantitative estimate of drug-likeness (QED) is 0.668. The number of carbonyl (C=O) groups excluding carboxylic acids is 2. The SMILES string of the molecule is COC(=O)[C@H]1C(=O)NC(SC)=C(C#N)[C@H]1c1ccc(OC)cc1. The van der Waals surface area contributed by atoms with Gasteiger partial charge in [-0.2, -0.15) is 5.26 Å². The highest BCUT2D eigenvalue weighted by molar-refractivity contribution is 8.02. The second-order valence-electron chi connectivity index (χ2n) is 4.80. The van der Waals surface area contributed by atoms with E-state index in [0.717, 1.165) is 0 Å². The van der Waals surface area contributed by atoms with Gasteiger partial charge in [0.15, 0.2) is 0 Å². The van der Waals surface area contributed by atoms with Gasteiger partial charge in [-0.05, 0) is 24.0 Å². The van der Waals surface area contributed by atoms with E-state index < -0.39 is 23.7 Å². The van der Waals surface area contributed by atoms with Crippen LogP contribution in [-0.4, -0.2) is 32.4 Å². The van der Waals surface area contributed by atoms with Crippen molar-refractivity contribution < 1.29 is 19.1 Å². The number of ether oxygens (including phenoxy) is 2. The Balaban J connectivity index is 2.59. The average molecular weight is 332 g/mol. The lowest BCUT2D eigenvalue weighted by atomic mass is 9.78. The molecular weight excluding hydrogens is 316 g/mol. The number of methoxy groups -OCH3 is 2. The lowest BCUT2D eigenvalue weighted by molar-refractivity contribution is -0.150. The van der Waals surface area contributed by atoms with Gasteiger partial charge in [-0.25, -0.2) is 0 Å². The van der Waals surface area contributed by atoms with E-state index in [1.54, 1.807) is 37.6 Å². The first-order chi connectivity index (χ1) is 11.1.